The highest BCUT2D eigenvalue weighted by Crippen LogP contribution is 2.30. The van der Waals surface area contributed by atoms with Gasteiger partial charge in [0, 0.05) is 25.3 Å². The summed E-state index contributed by atoms with van der Waals surface area (Å²) >= 11 is 0. The molecular formula is C13H21N3O. The van der Waals surface area contributed by atoms with Gasteiger partial charge >= 0.3 is 0 Å². The molecule has 94 valence electrons. The van der Waals surface area contributed by atoms with Crippen molar-refractivity contribution in [2.45, 2.75) is 38.8 Å². The number of aryl methyl sites for hydroxylation is 1. The number of aliphatic hydroxyl groups is 1. The van der Waals surface area contributed by atoms with Gasteiger partial charge in [0.15, 0.2) is 0 Å². The van der Waals surface area contributed by atoms with E-state index in [1.807, 2.05) is 6.20 Å². The van der Waals surface area contributed by atoms with Crippen molar-refractivity contribution in [2.24, 2.45) is 5.73 Å². The van der Waals surface area contributed by atoms with Gasteiger partial charge in [-0.15, -0.1) is 0 Å². The van der Waals surface area contributed by atoms with Gasteiger partial charge in [-0.3, -0.25) is 0 Å². The van der Waals surface area contributed by atoms with Crippen LogP contribution in [-0.2, 0) is 6.54 Å². The van der Waals surface area contributed by atoms with Gasteiger partial charge in [-0.05, 0) is 43.4 Å². The molecule has 0 aliphatic heterocycles. The predicted molar refractivity (Wildman–Crippen MR) is 68.9 cm³/mol. The van der Waals surface area contributed by atoms with Crippen LogP contribution in [0.15, 0.2) is 12.3 Å². The van der Waals surface area contributed by atoms with Crippen molar-refractivity contribution in [3.05, 3.63) is 23.4 Å². The van der Waals surface area contributed by atoms with Crippen molar-refractivity contribution in [2.75, 3.05) is 18.1 Å². The summed E-state index contributed by atoms with van der Waals surface area (Å²) in [6.07, 6.45) is 5.54. The Hall–Kier alpha value is -1.13. The summed E-state index contributed by atoms with van der Waals surface area (Å²) in [6, 6.07) is 2.64. The number of anilines is 1. The fourth-order valence-corrected chi connectivity index (χ4v) is 2.31. The molecule has 3 N–H and O–H groups in total. The van der Waals surface area contributed by atoms with E-state index in [9.17, 15) is 0 Å². The molecule has 0 atom stereocenters. The van der Waals surface area contributed by atoms with E-state index in [1.165, 1.54) is 19.3 Å². The first-order valence-corrected chi connectivity index (χ1v) is 6.29. The minimum Gasteiger partial charge on any atom is -0.395 e. The Balaban J connectivity index is 2.22. The molecule has 17 heavy (non-hydrogen) atoms. The Morgan fingerprint density at radius 1 is 1.53 bits per heavy atom. The zero-order chi connectivity index (χ0) is 12.3. The van der Waals surface area contributed by atoms with Crippen LogP contribution in [0.1, 0.15) is 30.4 Å². The minimum absolute atomic E-state index is 0.177. The molecule has 0 amide bonds. The molecule has 0 unspecified atom stereocenters. The Morgan fingerprint density at radius 2 is 2.29 bits per heavy atom. The number of aliphatic hydroxyl groups excluding tert-OH is 1. The van der Waals surface area contributed by atoms with Crippen LogP contribution in [0.2, 0.25) is 0 Å². The zero-order valence-electron chi connectivity index (χ0n) is 10.4. The van der Waals surface area contributed by atoms with E-state index < -0.39 is 0 Å². The molecule has 1 heterocycles. The molecule has 1 aromatic rings. The van der Waals surface area contributed by atoms with Gasteiger partial charge in [0.2, 0.25) is 0 Å². The van der Waals surface area contributed by atoms with Crippen LogP contribution in [-0.4, -0.2) is 29.3 Å². The van der Waals surface area contributed by atoms with Gasteiger partial charge in [0.25, 0.3) is 0 Å². The lowest BCUT2D eigenvalue weighted by atomic mass is 9.91. The van der Waals surface area contributed by atoms with Crippen LogP contribution in [0.3, 0.4) is 0 Å². The van der Waals surface area contributed by atoms with Gasteiger partial charge in [-0.1, -0.05) is 0 Å². The monoisotopic (exact) mass is 235 g/mol. The van der Waals surface area contributed by atoms with Crippen LogP contribution in [0.25, 0.3) is 0 Å². The van der Waals surface area contributed by atoms with Crippen molar-refractivity contribution >= 4 is 5.82 Å². The predicted octanol–water partition coefficient (Wildman–Crippen LogP) is 1.20. The molecule has 4 heteroatoms. The molecule has 0 bridgehead atoms. The van der Waals surface area contributed by atoms with E-state index in [-0.39, 0.29) is 6.61 Å². The third kappa shape index (κ3) is 2.58. The lowest BCUT2D eigenvalue weighted by Gasteiger charge is -2.38. The number of hydrogen-bond acceptors (Lipinski definition) is 4. The Labute approximate surface area is 102 Å². The summed E-state index contributed by atoms with van der Waals surface area (Å²) < 4.78 is 0. The highest BCUT2D eigenvalue weighted by atomic mass is 16.3. The molecule has 1 fully saturated rings. The molecule has 0 spiro atoms. The van der Waals surface area contributed by atoms with Crippen LogP contribution in [0.5, 0.6) is 0 Å². The molecule has 0 aromatic carbocycles. The molecule has 1 aliphatic rings. The smallest absolute Gasteiger partial charge is 0.131 e. The number of nitrogens with two attached hydrogens (primary N) is 1. The summed E-state index contributed by atoms with van der Waals surface area (Å²) in [4.78, 5) is 6.74. The van der Waals surface area contributed by atoms with E-state index in [0.717, 1.165) is 16.9 Å². The number of rotatable bonds is 5. The topological polar surface area (TPSA) is 62.4 Å². The van der Waals surface area contributed by atoms with Gasteiger partial charge in [0.1, 0.15) is 5.82 Å². The number of pyridine rings is 1. The largest absolute Gasteiger partial charge is 0.395 e. The van der Waals surface area contributed by atoms with Crippen molar-refractivity contribution < 1.29 is 5.11 Å². The number of hydrogen-bond donors (Lipinski definition) is 2. The fraction of sp³-hybridized carbons (Fsp3) is 0.615. The maximum absolute atomic E-state index is 9.17. The average molecular weight is 235 g/mol. The first kappa shape index (κ1) is 12.3. The first-order chi connectivity index (χ1) is 8.26. The molecule has 1 aromatic heterocycles. The van der Waals surface area contributed by atoms with E-state index >= 15 is 0 Å². The summed E-state index contributed by atoms with van der Waals surface area (Å²) in [5.41, 5.74) is 7.81. The van der Waals surface area contributed by atoms with Crippen LogP contribution >= 0.6 is 0 Å². The lowest BCUT2D eigenvalue weighted by molar-refractivity contribution is 0.283. The maximum atomic E-state index is 9.17. The van der Waals surface area contributed by atoms with Gasteiger partial charge in [-0.25, -0.2) is 4.98 Å². The van der Waals surface area contributed by atoms with E-state index in [1.54, 1.807) is 0 Å². The molecular weight excluding hydrogens is 214 g/mol. The summed E-state index contributed by atoms with van der Waals surface area (Å²) in [6.45, 7) is 3.43. The number of aromatic nitrogens is 1. The van der Waals surface area contributed by atoms with Crippen molar-refractivity contribution in [3.63, 3.8) is 0 Å². The van der Waals surface area contributed by atoms with E-state index in [4.69, 9.17) is 10.8 Å². The highest BCUT2D eigenvalue weighted by molar-refractivity contribution is 5.48. The van der Waals surface area contributed by atoms with Gasteiger partial charge in [0.05, 0.1) is 6.61 Å². The average Bonchev–Trinajstić information content (AvgIpc) is 2.26. The molecule has 0 radical (unpaired) electrons. The zero-order valence-corrected chi connectivity index (χ0v) is 10.4. The summed E-state index contributed by atoms with van der Waals surface area (Å²) in [5.74, 6) is 1.00. The molecule has 4 nitrogen and oxygen atoms in total. The van der Waals surface area contributed by atoms with E-state index in [2.05, 4.69) is 22.9 Å². The molecule has 2 rings (SSSR count). The van der Waals surface area contributed by atoms with E-state index in [0.29, 0.717) is 19.1 Å². The normalized spacial score (nSPS) is 15.7. The highest BCUT2D eigenvalue weighted by Gasteiger charge is 2.26. The van der Waals surface area contributed by atoms with Crippen molar-refractivity contribution in [3.8, 4) is 0 Å². The third-order valence-corrected chi connectivity index (χ3v) is 3.47. The van der Waals surface area contributed by atoms with Gasteiger partial charge < -0.3 is 15.7 Å². The van der Waals surface area contributed by atoms with Crippen LogP contribution < -0.4 is 10.6 Å². The van der Waals surface area contributed by atoms with Crippen LogP contribution in [0.4, 0.5) is 5.82 Å². The van der Waals surface area contributed by atoms with Crippen LogP contribution in [0, 0.1) is 6.92 Å². The number of nitrogens with zero attached hydrogens (tertiary/aromatic N) is 2. The van der Waals surface area contributed by atoms with Crippen molar-refractivity contribution in [1.82, 2.24) is 4.98 Å². The minimum atomic E-state index is 0.177. The standard InChI is InChI=1S/C13H21N3O/c1-10-7-11(8-14)9-15-13(10)16(5-6-17)12-3-2-4-12/h7,9,12,17H,2-6,8,14H2,1H3. The molecule has 0 saturated heterocycles. The fourth-order valence-electron chi connectivity index (χ4n) is 2.31. The SMILES string of the molecule is Cc1cc(CN)cnc1N(CCO)C1CCC1. The second-order valence-corrected chi connectivity index (χ2v) is 4.69. The first-order valence-electron chi connectivity index (χ1n) is 6.29. The molecule has 1 saturated carbocycles. The van der Waals surface area contributed by atoms with Crippen molar-refractivity contribution in [1.29, 1.82) is 0 Å². The quantitative estimate of drug-likeness (QED) is 0.805. The Kier molecular flexibility index (Phi) is 3.97. The maximum Gasteiger partial charge on any atom is 0.131 e. The summed E-state index contributed by atoms with van der Waals surface area (Å²) in [5, 5.41) is 9.17. The summed E-state index contributed by atoms with van der Waals surface area (Å²) in [7, 11) is 0. The molecule has 1 aliphatic carbocycles. The Bertz CT molecular complexity index is 377. The third-order valence-electron chi connectivity index (χ3n) is 3.47. The second kappa shape index (κ2) is 5.47. The van der Waals surface area contributed by atoms with Gasteiger partial charge in [-0.2, -0.15) is 0 Å². The second-order valence-electron chi connectivity index (χ2n) is 4.69. The Morgan fingerprint density at radius 3 is 2.76 bits per heavy atom. The lowest BCUT2D eigenvalue weighted by Crippen LogP contribution is -2.42.